The summed E-state index contributed by atoms with van der Waals surface area (Å²) in [6.45, 7) is 0. The first kappa shape index (κ1) is 20.4. The van der Waals surface area contributed by atoms with E-state index in [9.17, 15) is 25.0 Å². The minimum Gasteiger partial charge on any atom is -0.278 e. The molecule has 4 rings (SSSR count). The molecule has 0 unspecified atom stereocenters. The number of nitrogens with zero attached hydrogens (tertiary/aromatic N) is 4. The first-order chi connectivity index (χ1) is 14.8. The van der Waals surface area contributed by atoms with E-state index in [4.69, 9.17) is 5.41 Å². The third-order valence-corrected chi connectivity index (χ3v) is 5.97. The van der Waals surface area contributed by atoms with Crippen LogP contribution >= 0.6 is 23.1 Å². The zero-order valence-corrected chi connectivity index (χ0v) is 17.1. The Morgan fingerprint density at radius 3 is 2.42 bits per heavy atom. The number of carbonyl (C=O) groups excluding carboxylic acids is 1. The number of nitro benzene ring substituents is 2. The lowest BCUT2D eigenvalue weighted by Gasteiger charge is -2.09. The zero-order valence-electron chi connectivity index (χ0n) is 15.4. The van der Waals surface area contributed by atoms with E-state index in [1.807, 2.05) is 0 Å². The maximum atomic E-state index is 12.9. The van der Waals surface area contributed by atoms with Crippen LogP contribution in [-0.2, 0) is 4.79 Å². The lowest BCUT2D eigenvalue weighted by atomic mass is 10.1. The van der Waals surface area contributed by atoms with Crippen molar-refractivity contribution in [2.75, 3.05) is 4.90 Å². The summed E-state index contributed by atoms with van der Waals surface area (Å²) >= 11 is 2.10. The van der Waals surface area contributed by atoms with Crippen LogP contribution in [0.2, 0.25) is 0 Å². The van der Waals surface area contributed by atoms with E-state index in [2.05, 4.69) is 4.98 Å². The van der Waals surface area contributed by atoms with Gasteiger partial charge in [0.05, 0.1) is 20.4 Å². The fraction of sp³-hybridized carbons (Fsp3) is 0. The molecule has 2 aromatic carbocycles. The molecule has 154 valence electrons. The minimum atomic E-state index is -0.519. The summed E-state index contributed by atoms with van der Waals surface area (Å²) < 4.78 is 0. The number of benzene rings is 2. The quantitative estimate of drug-likeness (QED) is 0.335. The maximum absolute atomic E-state index is 12.9. The molecule has 0 atom stereocenters. The highest BCUT2D eigenvalue weighted by atomic mass is 32.2. The van der Waals surface area contributed by atoms with Gasteiger partial charge in [0.2, 0.25) is 0 Å². The predicted octanol–water partition coefficient (Wildman–Crippen LogP) is 4.68. The summed E-state index contributed by atoms with van der Waals surface area (Å²) in [6.07, 6.45) is 1.50. The van der Waals surface area contributed by atoms with Crippen molar-refractivity contribution in [3.63, 3.8) is 0 Å². The normalized spacial score (nSPS) is 15.0. The molecule has 1 amide bonds. The Morgan fingerprint density at radius 1 is 1.03 bits per heavy atom. The van der Waals surface area contributed by atoms with E-state index in [-0.39, 0.29) is 21.4 Å². The Hall–Kier alpha value is -3.90. The number of thiazole rings is 1. The Balaban J connectivity index is 1.59. The Morgan fingerprint density at radius 2 is 1.74 bits per heavy atom. The Labute approximate surface area is 182 Å². The van der Waals surface area contributed by atoms with Crippen LogP contribution in [0.4, 0.5) is 16.5 Å². The fourth-order valence-electron chi connectivity index (χ4n) is 2.79. The van der Waals surface area contributed by atoms with Crippen LogP contribution in [0, 0.1) is 25.6 Å². The van der Waals surface area contributed by atoms with Crippen molar-refractivity contribution in [3.05, 3.63) is 84.6 Å². The molecule has 0 spiro atoms. The van der Waals surface area contributed by atoms with Gasteiger partial charge in [0.15, 0.2) is 10.3 Å². The van der Waals surface area contributed by atoms with Gasteiger partial charge in [-0.3, -0.25) is 30.4 Å². The molecule has 0 radical (unpaired) electrons. The molecule has 0 bridgehead atoms. The predicted molar refractivity (Wildman–Crippen MR) is 118 cm³/mol. The molecular weight excluding hydrogens is 442 g/mol. The number of nitro groups is 2. The number of nitrogens with one attached hydrogen (secondary N) is 1. The number of carbonyl (C=O) groups is 1. The van der Waals surface area contributed by atoms with Crippen LogP contribution in [0.5, 0.6) is 0 Å². The summed E-state index contributed by atoms with van der Waals surface area (Å²) in [5, 5.41) is 31.9. The van der Waals surface area contributed by atoms with Gasteiger partial charge in [0.1, 0.15) is 0 Å². The maximum Gasteiger partial charge on any atom is 0.273 e. The van der Waals surface area contributed by atoms with Crippen molar-refractivity contribution in [2.24, 2.45) is 0 Å². The summed E-state index contributed by atoms with van der Waals surface area (Å²) in [6, 6.07) is 11.7. The molecule has 1 N–H and O–H groups in total. The zero-order chi connectivity index (χ0) is 22.1. The third-order valence-electron chi connectivity index (χ3n) is 4.26. The van der Waals surface area contributed by atoms with Gasteiger partial charge in [-0.1, -0.05) is 12.1 Å². The number of hydrogen-bond acceptors (Lipinski definition) is 9. The molecule has 1 saturated heterocycles. The van der Waals surface area contributed by atoms with Gasteiger partial charge in [-0.25, -0.2) is 9.88 Å². The van der Waals surface area contributed by atoms with Gasteiger partial charge < -0.3 is 0 Å². The molecule has 1 aromatic heterocycles. The number of amidine groups is 1. The highest BCUT2D eigenvalue weighted by molar-refractivity contribution is 8.19. The molecule has 2 heterocycles. The van der Waals surface area contributed by atoms with Crippen molar-refractivity contribution < 1.29 is 14.6 Å². The molecule has 1 aliphatic rings. The molecular formula is C19H11N5O5S2. The van der Waals surface area contributed by atoms with E-state index < -0.39 is 15.8 Å². The van der Waals surface area contributed by atoms with E-state index in [0.717, 1.165) is 28.0 Å². The van der Waals surface area contributed by atoms with E-state index in [1.165, 1.54) is 36.4 Å². The van der Waals surface area contributed by atoms with Gasteiger partial charge in [0, 0.05) is 35.2 Å². The number of amides is 1. The highest BCUT2D eigenvalue weighted by Gasteiger charge is 2.35. The fourth-order valence-corrected chi connectivity index (χ4v) is 4.53. The molecule has 10 nitrogen and oxygen atoms in total. The number of thioether (sulfide) groups is 1. The van der Waals surface area contributed by atoms with Gasteiger partial charge in [-0.05, 0) is 35.5 Å². The molecule has 12 heteroatoms. The van der Waals surface area contributed by atoms with Crippen molar-refractivity contribution in [1.82, 2.24) is 4.98 Å². The topological polar surface area (TPSA) is 143 Å². The van der Waals surface area contributed by atoms with Crippen molar-refractivity contribution >= 4 is 56.8 Å². The second kappa shape index (κ2) is 8.08. The van der Waals surface area contributed by atoms with E-state index >= 15 is 0 Å². The van der Waals surface area contributed by atoms with Gasteiger partial charge in [-0.15, -0.1) is 11.3 Å². The van der Waals surface area contributed by atoms with Crippen molar-refractivity contribution in [2.45, 2.75) is 0 Å². The van der Waals surface area contributed by atoms with Gasteiger partial charge in [-0.2, -0.15) is 0 Å². The summed E-state index contributed by atoms with van der Waals surface area (Å²) in [5.74, 6) is -0.453. The van der Waals surface area contributed by atoms with Crippen molar-refractivity contribution in [3.8, 4) is 11.3 Å². The molecule has 3 aromatic rings. The largest absolute Gasteiger partial charge is 0.278 e. The smallest absolute Gasteiger partial charge is 0.273 e. The van der Waals surface area contributed by atoms with Crippen LogP contribution in [0.15, 0.2) is 58.8 Å². The lowest BCUT2D eigenvalue weighted by Crippen LogP contribution is -2.27. The third kappa shape index (κ3) is 4.06. The van der Waals surface area contributed by atoms with Crippen LogP contribution in [0.3, 0.4) is 0 Å². The summed E-state index contributed by atoms with van der Waals surface area (Å²) in [4.78, 5) is 39.4. The van der Waals surface area contributed by atoms with E-state index in [1.54, 1.807) is 23.6 Å². The van der Waals surface area contributed by atoms with Crippen LogP contribution < -0.4 is 4.90 Å². The highest BCUT2D eigenvalue weighted by Crippen LogP contribution is 2.38. The Bertz CT molecular complexity index is 1270. The first-order valence-electron chi connectivity index (χ1n) is 8.61. The first-order valence-corrected chi connectivity index (χ1v) is 10.3. The standard InChI is InChI=1S/C19H11N5O5S2/c20-18-22(17(25)16(31-18)9-11-2-1-3-14(8-11)24(28)29)19-21-15(10-30-19)12-4-6-13(7-5-12)23(26)27/h1-10,20H/b16-9-,20-18?. The molecule has 1 aliphatic heterocycles. The molecule has 1 fully saturated rings. The number of aromatic nitrogens is 1. The van der Waals surface area contributed by atoms with E-state index in [0.29, 0.717) is 22.0 Å². The SMILES string of the molecule is N=C1S/C(=C\c2cccc([N+](=O)[O-])c2)C(=O)N1c1nc(-c2ccc([N+](=O)[O-])cc2)cs1. The minimum absolute atomic E-state index is 0.0359. The van der Waals surface area contributed by atoms with Crippen LogP contribution in [-0.4, -0.2) is 25.9 Å². The Kier molecular flexibility index (Phi) is 5.31. The molecule has 0 saturated carbocycles. The van der Waals surface area contributed by atoms with Crippen molar-refractivity contribution in [1.29, 1.82) is 5.41 Å². The molecule has 31 heavy (non-hydrogen) atoms. The second-order valence-corrected chi connectivity index (χ2v) is 8.09. The van der Waals surface area contributed by atoms with Crippen LogP contribution in [0.25, 0.3) is 17.3 Å². The average Bonchev–Trinajstić information content (AvgIpc) is 3.33. The average molecular weight is 453 g/mol. The van der Waals surface area contributed by atoms with Gasteiger partial charge in [0.25, 0.3) is 17.3 Å². The molecule has 0 aliphatic carbocycles. The van der Waals surface area contributed by atoms with Gasteiger partial charge >= 0.3 is 0 Å². The number of non-ortho nitro benzene ring substituents is 2. The summed E-state index contributed by atoms with van der Waals surface area (Å²) in [7, 11) is 0. The number of rotatable bonds is 5. The number of anilines is 1. The van der Waals surface area contributed by atoms with Crippen LogP contribution in [0.1, 0.15) is 5.56 Å². The lowest BCUT2D eigenvalue weighted by molar-refractivity contribution is -0.385. The second-order valence-electron chi connectivity index (χ2n) is 6.23. The number of hydrogen-bond donors (Lipinski definition) is 1. The monoisotopic (exact) mass is 453 g/mol. The summed E-state index contributed by atoms with van der Waals surface area (Å²) in [5.41, 5.74) is 1.51.